The van der Waals surface area contributed by atoms with Gasteiger partial charge in [-0.05, 0) is 36.4 Å². The summed E-state index contributed by atoms with van der Waals surface area (Å²) < 4.78 is 10.3. The summed E-state index contributed by atoms with van der Waals surface area (Å²) in [5, 5.41) is 2.60. The predicted molar refractivity (Wildman–Crippen MR) is 98.3 cm³/mol. The molecule has 2 amide bonds. The zero-order valence-electron chi connectivity index (χ0n) is 15.3. The first-order chi connectivity index (χ1) is 13.4. The molecule has 2 heterocycles. The summed E-state index contributed by atoms with van der Waals surface area (Å²) in [4.78, 5) is 49.0. The fraction of sp³-hybridized carbons (Fsp3) is 0.300. The molecule has 1 fully saturated rings. The number of anilines is 1. The standard InChI is InChI=1S/C20H20N2O6/c1-13(23)21-16-6-4-14(5-7-16)18(24)12-28-20(26)15-9-19(25)22(10-15)11-17-3-2-8-27-17/h2-8,15H,9-12H2,1H3,(H,21,23)/t15-/m1/s1. The Morgan fingerprint density at radius 2 is 1.96 bits per heavy atom. The number of esters is 1. The molecule has 8 nitrogen and oxygen atoms in total. The molecule has 146 valence electrons. The summed E-state index contributed by atoms with van der Waals surface area (Å²) in [6.07, 6.45) is 1.58. The van der Waals surface area contributed by atoms with Gasteiger partial charge in [0.2, 0.25) is 11.8 Å². The van der Waals surface area contributed by atoms with Crippen molar-refractivity contribution in [3.8, 4) is 0 Å². The molecule has 1 aliphatic rings. The number of ether oxygens (including phenoxy) is 1. The maximum atomic E-state index is 12.2. The van der Waals surface area contributed by atoms with E-state index >= 15 is 0 Å². The summed E-state index contributed by atoms with van der Waals surface area (Å²) in [6, 6.07) is 9.78. The van der Waals surface area contributed by atoms with Crippen LogP contribution in [0, 0.1) is 5.92 Å². The van der Waals surface area contributed by atoms with Crippen molar-refractivity contribution in [2.45, 2.75) is 19.9 Å². The summed E-state index contributed by atoms with van der Waals surface area (Å²) in [5.74, 6) is -1.26. The average Bonchev–Trinajstić information content (AvgIpc) is 3.30. The minimum atomic E-state index is -0.600. The van der Waals surface area contributed by atoms with Crippen molar-refractivity contribution < 1.29 is 28.3 Å². The third-order valence-corrected chi connectivity index (χ3v) is 4.35. The van der Waals surface area contributed by atoms with Crippen molar-refractivity contribution in [3.63, 3.8) is 0 Å². The molecule has 2 aromatic rings. The van der Waals surface area contributed by atoms with Crippen molar-refractivity contribution >= 4 is 29.3 Å². The van der Waals surface area contributed by atoms with Gasteiger partial charge in [-0.2, -0.15) is 0 Å². The minimum absolute atomic E-state index is 0.0547. The first-order valence-electron chi connectivity index (χ1n) is 8.80. The molecule has 1 saturated heterocycles. The van der Waals surface area contributed by atoms with Gasteiger partial charge in [0, 0.05) is 31.1 Å². The second-order valence-corrected chi connectivity index (χ2v) is 6.54. The predicted octanol–water partition coefficient (Wildman–Crippen LogP) is 2.01. The van der Waals surface area contributed by atoms with Gasteiger partial charge >= 0.3 is 5.97 Å². The van der Waals surface area contributed by atoms with Gasteiger partial charge in [0.15, 0.2) is 12.4 Å². The maximum Gasteiger partial charge on any atom is 0.311 e. The van der Waals surface area contributed by atoms with Gasteiger partial charge in [-0.25, -0.2) is 0 Å². The zero-order chi connectivity index (χ0) is 20.1. The normalized spacial score (nSPS) is 16.1. The second-order valence-electron chi connectivity index (χ2n) is 6.54. The van der Waals surface area contributed by atoms with Gasteiger partial charge < -0.3 is 19.4 Å². The van der Waals surface area contributed by atoms with Crippen LogP contribution in [0.2, 0.25) is 0 Å². The molecule has 0 unspecified atom stereocenters. The summed E-state index contributed by atoms with van der Waals surface area (Å²) in [6.45, 7) is 1.52. The molecule has 3 rings (SSSR count). The quantitative estimate of drug-likeness (QED) is 0.578. The van der Waals surface area contributed by atoms with Gasteiger partial charge in [-0.3, -0.25) is 19.2 Å². The number of benzene rings is 1. The smallest absolute Gasteiger partial charge is 0.311 e. The highest BCUT2D eigenvalue weighted by Crippen LogP contribution is 2.21. The van der Waals surface area contributed by atoms with Crippen LogP contribution >= 0.6 is 0 Å². The number of nitrogens with zero attached hydrogens (tertiary/aromatic N) is 1. The summed E-state index contributed by atoms with van der Waals surface area (Å²) in [5.41, 5.74) is 0.936. The van der Waals surface area contributed by atoms with E-state index in [-0.39, 0.29) is 30.6 Å². The van der Waals surface area contributed by atoms with Crippen LogP contribution in [0.3, 0.4) is 0 Å². The Hall–Kier alpha value is -3.42. The van der Waals surface area contributed by atoms with Crippen LogP contribution in [0.5, 0.6) is 0 Å². The lowest BCUT2D eigenvalue weighted by molar-refractivity contribution is -0.147. The number of furan rings is 1. The molecule has 8 heteroatoms. The third kappa shape index (κ3) is 4.85. The van der Waals surface area contributed by atoms with Crippen molar-refractivity contribution in [3.05, 3.63) is 54.0 Å². The van der Waals surface area contributed by atoms with Crippen molar-refractivity contribution in [1.29, 1.82) is 0 Å². The molecule has 28 heavy (non-hydrogen) atoms. The molecular formula is C20H20N2O6. The second kappa shape index (κ2) is 8.51. The molecule has 0 saturated carbocycles. The van der Waals surface area contributed by atoms with Crippen LogP contribution in [-0.2, 0) is 25.7 Å². The number of hydrogen-bond donors (Lipinski definition) is 1. The fourth-order valence-corrected chi connectivity index (χ4v) is 2.95. The van der Waals surface area contributed by atoms with Gasteiger partial charge in [0.25, 0.3) is 0 Å². The topological polar surface area (TPSA) is 106 Å². The first-order valence-corrected chi connectivity index (χ1v) is 8.80. The fourth-order valence-electron chi connectivity index (χ4n) is 2.95. The number of amides is 2. The SMILES string of the molecule is CC(=O)Nc1ccc(C(=O)COC(=O)[C@@H]2CC(=O)N(Cc3ccco3)C2)cc1. The monoisotopic (exact) mass is 384 g/mol. The average molecular weight is 384 g/mol. The van der Waals surface area contributed by atoms with E-state index in [4.69, 9.17) is 9.15 Å². The Balaban J connectivity index is 1.49. The van der Waals surface area contributed by atoms with E-state index in [1.807, 2.05) is 0 Å². The van der Waals surface area contributed by atoms with E-state index in [0.717, 1.165) is 0 Å². The van der Waals surface area contributed by atoms with E-state index in [0.29, 0.717) is 23.6 Å². The molecule has 0 spiro atoms. The minimum Gasteiger partial charge on any atom is -0.467 e. The third-order valence-electron chi connectivity index (χ3n) is 4.35. The number of Topliss-reactive ketones (excluding diaryl/α,β-unsaturated/α-hetero) is 1. The number of rotatable bonds is 7. The van der Waals surface area contributed by atoms with Crippen molar-refractivity contribution in [2.75, 3.05) is 18.5 Å². The van der Waals surface area contributed by atoms with Crippen molar-refractivity contribution in [2.24, 2.45) is 5.92 Å². The van der Waals surface area contributed by atoms with Crippen molar-refractivity contribution in [1.82, 2.24) is 4.90 Å². The van der Waals surface area contributed by atoms with Crippen LogP contribution in [0.25, 0.3) is 0 Å². The van der Waals surface area contributed by atoms with E-state index < -0.39 is 18.5 Å². The number of hydrogen-bond acceptors (Lipinski definition) is 6. The largest absolute Gasteiger partial charge is 0.467 e. The van der Waals surface area contributed by atoms with Crippen LogP contribution in [0.1, 0.15) is 29.5 Å². The van der Waals surface area contributed by atoms with E-state index in [1.165, 1.54) is 18.1 Å². The molecule has 1 aromatic carbocycles. The number of carbonyl (C=O) groups excluding carboxylic acids is 4. The van der Waals surface area contributed by atoms with Gasteiger partial charge in [0.05, 0.1) is 18.7 Å². The molecule has 0 bridgehead atoms. The number of likely N-dealkylation sites (tertiary alicyclic amines) is 1. The number of carbonyl (C=O) groups is 4. The Kier molecular flexibility index (Phi) is 5.88. The lowest BCUT2D eigenvalue weighted by atomic mass is 10.1. The Morgan fingerprint density at radius 3 is 2.61 bits per heavy atom. The Labute approximate surface area is 161 Å². The Morgan fingerprint density at radius 1 is 1.21 bits per heavy atom. The first kappa shape index (κ1) is 19.3. The van der Waals surface area contributed by atoms with Crippen LogP contribution in [-0.4, -0.2) is 41.6 Å². The maximum absolute atomic E-state index is 12.2. The van der Waals surface area contributed by atoms with E-state index in [2.05, 4.69) is 5.32 Å². The number of ketones is 1. The van der Waals surface area contributed by atoms with Crippen LogP contribution in [0.15, 0.2) is 47.1 Å². The van der Waals surface area contributed by atoms with E-state index in [1.54, 1.807) is 36.4 Å². The number of nitrogens with one attached hydrogen (secondary N) is 1. The molecule has 0 radical (unpaired) electrons. The van der Waals surface area contributed by atoms with E-state index in [9.17, 15) is 19.2 Å². The Bertz CT molecular complexity index is 873. The summed E-state index contributed by atoms with van der Waals surface area (Å²) in [7, 11) is 0. The molecule has 1 N–H and O–H groups in total. The van der Waals surface area contributed by atoms with Crippen LogP contribution < -0.4 is 5.32 Å². The van der Waals surface area contributed by atoms with Gasteiger partial charge in [-0.1, -0.05) is 0 Å². The molecule has 1 atom stereocenters. The highest BCUT2D eigenvalue weighted by Gasteiger charge is 2.35. The van der Waals surface area contributed by atoms with Crippen LogP contribution in [0.4, 0.5) is 5.69 Å². The highest BCUT2D eigenvalue weighted by molar-refractivity contribution is 5.99. The molecular weight excluding hydrogens is 364 g/mol. The molecule has 1 aromatic heterocycles. The lowest BCUT2D eigenvalue weighted by Gasteiger charge is -2.14. The lowest BCUT2D eigenvalue weighted by Crippen LogP contribution is -2.27. The summed E-state index contributed by atoms with van der Waals surface area (Å²) >= 11 is 0. The molecule has 1 aliphatic heterocycles. The van der Waals surface area contributed by atoms with Gasteiger partial charge in [-0.15, -0.1) is 0 Å². The van der Waals surface area contributed by atoms with Gasteiger partial charge in [0.1, 0.15) is 5.76 Å². The highest BCUT2D eigenvalue weighted by atomic mass is 16.5. The zero-order valence-corrected chi connectivity index (χ0v) is 15.3. The molecule has 0 aliphatic carbocycles.